The van der Waals surface area contributed by atoms with Crippen LogP contribution in [0.25, 0.3) is 0 Å². The number of thioether (sulfide) groups is 1. The molecule has 0 unspecified atom stereocenters. The van der Waals surface area contributed by atoms with E-state index in [-0.39, 0.29) is 17.9 Å². The Morgan fingerprint density at radius 1 is 1.06 bits per heavy atom. The predicted molar refractivity (Wildman–Crippen MR) is 134 cm³/mol. The van der Waals surface area contributed by atoms with Gasteiger partial charge in [-0.15, -0.1) is 11.8 Å². The van der Waals surface area contributed by atoms with Crippen LogP contribution in [0.3, 0.4) is 0 Å². The summed E-state index contributed by atoms with van der Waals surface area (Å²) in [6, 6.07) is 15.1. The zero-order valence-electron chi connectivity index (χ0n) is 18.4. The number of rotatable bonds is 10. The fraction of sp³-hybridized carbons (Fsp3) is 0.440. The fourth-order valence-electron chi connectivity index (χ4n) is 4.04. The first kappa shape index (κ1) is 24.9. The minimum absolute atomic E-state index is 0.0505. The average Bonchev–Trinajstić information content (AvgIpc) is 3.29. The van der Waals surface area contributed by atoms with E-state index in [0.717, 1.165) is 37.0 Å². The van der Waals surface area contributed by atoms with Gasteiger partial charge >= 0.3 is 0 Å². The monoisotopic (exact) mass is 492 g/mol. The maximum atomic E-state index is 13.3. The van der Waals surface area contributed by atoms with Gasteiger partial charge in [-0.2, -0.15) is 0 Å². The summed E-state index contributed by atoms with van der Waals surface area (Å²) in [5, 5.41) is 4.08. The van der Waals surface area contributed by atoms with Crippen LogP contribution >= 0.6 is 35.0 Å². The van der Waals surface area contributed by atoms with E-state index in [1.165, 1.54) is 5.56 Å². The van der Waals surface area contributed by atoms with Gasteiger partial charge in [0.25, 0.3) is 0 Å². The molecule has 1 saturated carbocycles. The zero-order valence-corrected chi connectivity index (χ0v) is 20.7. The smallest absolute Gasteiger partial charge is 0.243 e. The summed E-state index contributed by atoms with van der Waals surface area (Å²) in [6.45, 7) is 2.27. The van der Waals surface area contributed by atoms with Crippen LogP contribution in [0.5, 0.6) is 0 Å². The molecule has 1 atom stereocenters. The molecule has 2 aromatic carbocycles. The zero-order chi connectivity index (χ0) is 22.9. The molecule has 0 aliphatic heterocycles. The van der Waals surface area contributed by atoms with Crippen LogP contribution in [-0.4, -0.2) is 34.6 Å². The van der Waals surface area contributed by atoms with Crippen molar-refractivity contribution in [2.24, 2.45) is 0 Å². The summed E-state index contributed by atoms with van der Waals surface area (Å²) in [5.74, 6) is 0.938. The average molecular weight is 494 g/mol. The molecule has 3 rings (SSSR count). The summed E-state index contributed by atoms with van der Waals surface area (Å²) in [4.78, 5) is 28.1. The van der Waals surface area contributed by atoms with E-state index in [1.807, 2.05) is 31.2 Å². The number of hydrogen-bond donors (Lipinski definition) is 1. The van der Waals surface area contributed by atoms with Gasteiger partial charge in [-0.1, -0.05) is 79.4 Å². The third kappa shape index (κ3) is 7.16. The molecule has 1 N–H and O–H groups in total. The van der Waals surface area contributed by atoms with Gasteiger partial charge in [0.1, 0.15) is 6.04 Å². The van der Waals surface area contributed by atoms with E-state index in [0.29, 0.717) is 28.8 Å². The predicted octanol–water partition coefficient (Wildman–Crippen LogP) is 6.09. The third-order valence-corrected chi connectivity index (χ3v) is 7.49. The number of hydrogen-bond acceptors (Lipinski definition) is 3. The van der Waals surface area contributed by atoms with Gasteiger partial charge in [-0.05, 0) is 42.5 Å². The number of nitrogens with zero attached hydrogens (tertiary/aromatic N) is 1. The van der Waals surface area contributed by atoms with E-state index >= 15 is 0 Å². The van der Waals surface area contributed by atoms with Gasteiger partial charge in [0.05, 0.1) is 15.8 Å². The summed E-state index contributed by atoms with van der Waals surface area (Å²) in [5.41, 5.74) is 2.03. The van der Waals surface area contributed by atoms with Crippen molar-refractivity contribution in [3.63, 3.8) is 0 Å². The number of benzene rings is 2. The van der Waals surface area contributed by atoms with Crippen LogP contribution in [0.15, 0.2) is 48.5 Å². The lowest BCUT2D eigenvalue weighted by atomic mass is 10.1. The highest BCUT2D eigenvalue weighted by Crippen LogP contribution is 2.25. The highest BCUT2D eigenvalue weighted by molar-refractivity contribution is 7.99. The molecule has 1 fully saturated rings. The van der Waals surface area contributed by atoms with E-state index in [2.05, 4.69) is 17.4 Å². The van der Waals surface area contributed by atoms with Crippen molar-refractivity contribution in [2.75, 3.05) is 5.75 Å². The molecule has 0 bridgehead atoms. The van der Waals surface area contributed by atoms with Crippen LogP contribution in [0, 0.1) is 0 Å². The van der Waals surface area contributed by atoms with E-state index in [9.17, 15) is 9.59 Å². The molecule has 1 aliphatic carbocycles. The van der Waals surface area contributed by atoms with Crippen molar-refractivity contribution >= 4 is 46.8 Å². The number of amides is 2. The molecule has 2 aromatic rings. The topological polar surface area (TPSA) is 49.4 Å². The maximum Gasteiger partial charge on any atom is 0.243 e. The minimum Gasteiger partial charge on any atom is -0.352 e. The molecule has 0 radical (unpaired) electrons. The third-order valence-electron chi connectivity index (χ3n) is 5.76. The maximum absolute atomic E-state index is 13.3. The fourth-order valence-corrected chi connectivity index (χ4v) is 5.23. The highest BCUT2D eigenvalue weighted by atomic mass is 35.5. The lowest BCUT2D eigenvalue weighted by Crippen LogP contribution is -2.51. The van der Waals surface area contributed by atoms with Gasteiger partial charge in [-0.25, -0.2) is 0 Å². The van der Waals surface area contributed by atoms with Gasteiger partial charge in [0.15, 0.2) is 0 Å². The van der Waals surface area contributed by atoms with Crippen molar-refractivity contribution in [3.05, 3.63) is 69.7 Å². The molecule has 0 heterocycles. The lowest BCUT2D eigenvalue weighted by molar-refractivity contribution is -0.139. The van der Waals surface area contributed by atoms with Crippen LogP contribution < -0.4 is 5.32 Å². The van der Waals surface area contributed by atoms with Crippen molar-refractivity contribution in [1.82, 2.24) is 10.2 Å². The summed E-state index contributed by atoms with van der Waals surface area (Å²) in [6.07, 6.45) is 4.86. The van der Waals surface area contributed by atoms with E-state index in [4.69, 9.17) is 23.2 Å². The number of carbonyl (C=O) groups excluding carboxylic acids is 2. The van der Waals surface area contributed by atoms with E-state index < -0.39 is 6.04 Å². The van der Waals surface area contributed by atoms with Gasteiger partial charge in [0.2, 0.25) is 11.8 Å². The minimum atomic E-state index is -0.519. The first-order chi connectivity index (χ1) is 15.5. The molecule has 2 amide bonds. The molecule has 0 aromatic heterocycles. The first-order valence-electron chi connectivity index (χ1n) is 11.1. The Hall–Kier alpha value is -1.69. The Bertz CT molecular complexity index is 904. The van der Waals surface area contributed by atoms with Crippen molar-refractivity contribution in [2.45, 2.75) is 63.4 Å². The highest BCUT2D eigenvalue weighted by Gasteiger charge is 2.30. The summed E-state index contributed by atoms with van der Waals surface area (Å²) < 4.78 is 0. The molecule has 7 heteroatoms. The second-order valence-corrected chi connectivity index (χ2v) is 9.96. The Kier molecular flexibility index (Phi) is 9.76. The van der Waals surface area contributed by atoms with E-state index in [1.54, 1.807) is 28.8 Å². The summed E-state index contributed by atoms with van der Waals surface area (Å²) in [7, 11) is 0. The second kappa shape index (κ2) is 12.5. The number of carbonyl (C=O) groups is 2. The Morgan fingerprint density at radius 3 is 2.44 bits per heavy atom. The molecule has 4 nitrogen and oxygen atoms in total. The molecular formula is C25H30Cl2N2O2S. The van der Waals surface area contributed by atoms with Crippen LogP contribution in [0.4, 0.5) is 0 Å². The standard InChI is InChI=1S/C25H30Cl2N2O2S/c1-2-23(25(31)28-20-10-6-7-11-20)29(15-19-12-13-21(26)22(27)14-19)24(30)17-32-16-18-8-4-3-5-9-18/h3-5,8-9,12-14,20,23H,2,6-7,10-11,15-17H2,1H3,(H,28,31)/t23-/m0/s1. The van der Waals surface area contributed by atoms with Gasteiger partial charge in [0, 0.05) is 18.3 Å². The van der Waals surface area contributed by atoms with Crippen molar-refractivity contribution in [1.29, 1.82) is 0 Å². The Labute approximate surface area is 205 Å². The quantitative estimate of drug-likeness (QED) is 0.436. The molecule has 0 spiro atoms. The molecule has 0 saturated heterocycles. The first-order valence-corrected chi connectivity index (χ1v) is 13.0. The number of halogens is 2. The van der Waals surface area contributed by atoms with Gasteiger partial charge in [-0.3, -0.25) is 9.59 Å². The Morgan fingerprint density at radius 2 is 1.78 bits per heavy atom. The van der Waals surface area contributed by atoms with Crippen molar-refractivity contribution < 1.29 is 9.59 Å². The lowest BCUT2D eigenvalue weighted by Gasteiger charge is -2.31. The molecule has 1 aliphatic rings. The molecule has 172 valence electrons. The largest absolute Gasteiger partial charge is 0.352 e. The molecular weight excluding hydrogens is 463 g/mol. The SMILES string of the molecule is CC[C@@H](C(=O)NC1CCCC1)N(Cc1ccc(Cl)c(Cl)c1)C(=O)CSCc1ccccc1. The molecule has 32 heavy (non-hydrogen) atoms. The van der Waals surface area contributed by atoms with Crippen LogP contribution in [0.2, 0.25) is 10.0 Å². The number of nitrogens with one attached hydrogen (secondary N) is 1. The normalized spacial score (nSPS) is 14.8. The van der Waals surface area contributed by atoms with Crippen LogP contribution in [0.1, 0.15) is 50.2 Å². The second-order valence-electron chi connectivity index (χ2n) is 8.16. The van der Waals surface area contributed by atoms with Crippen LogP contribution in [-0.2, 0) is 21.9 Å². The Balaban J connectivity index is 1.72. The summed E-state index contributed by atoms with van der Waals surface area (Å²) >= 11 is 13.8. The van der Waals surface area contributed by atoms with Gasteiger partial charge < -0.3 is 10.2 Å². The van der Waals surface area contributed by atoms with Crippen molar-refractivity contribution in [3.8, 4) is 0 Å².